The van der Waals surface area contributed by atoms with Gasteiger partial charge in [0, 0.05) is 19.3 Å². The largest absolute Gasteiger partial charge is 0.489 e. The number of hydrogen-bond donors (Lipinski definition) is 0. The first-order valence-corrected chi connectivity index (χ1v) is 9.20. The van der Waals surface area contributed by atoms with Gasteiger partial charge in [-0.25, -0.2) is 8.42 Å². The SMILES string of the molecule is CC1CN(C(=O)c2cncc(OC(C)C)c2)CCS(=O)(=O)C1. The Morgan fingerprint density at radius 1 is 1.41 bits per heavy atom. The van der Waals surface area contributed by atoms with Crippen LogP contribution in [0, 0.1) is 5.92 Å². The van der Waals surface area contributed by atoms with Crippen molar-refractivity contribution >= 4 is 15.7 Å². The van der Waals surface area contributed by atoms with Gasteiger partial charge in [-0.3, -0.25) is 9.78 Å². The number of nitrogens with zero attached hydrogens (tertiary/aromatic N) is 2. The Kier molecular flexibility index (Phi) is 5.05. The van der Waals surface area contributed by atoms with E-state index in [-0.39, 0.29) is 36.0 Å². The summed E-state index contributed by atoms with van der Waals surface area (Å²) in [5, 5.41) is 0. The molecule has 0 spiro atoms. The number of aromatic nitrogens is 1. The van der Waals surface area contributed by atoms with Crippen LogP contribution in [0.15, 0.2) is 18.5 Å². The van der Waals surface area contributed by atoms with E-state index in [0.717, 1.165) is 0 Å². The molecule has 1 aromatic heterocycles. The summed E-state index contributed by atoms with van der Waals surface area (Å²) in [6, 6.07) is 1.65. The summed E-state index contributed by atoms with van der Waals surface area (Å²) in [5.41, 5.74) is 0.421. The van der Waals surface area contributed by atoms with Crippen LogP contribution in [-0.2, 0) is 9.84 Å². The first-order chi connectivity index (χ1) is 10.3. The predicted molar refractivity (Wildman–Crippen MR) is 83.7 cm³/mol. The number of amides is 1. The van der Waals surface area contributed by atoms with Crippen molar-refractivity contribution in [2.45, 2.75) is 26.9 Å². The minimum Gasteiger partial charge on any atom is -0.489 e. The Hall–Kier alpha value is -1.63. The highest BCUT2D eigenvalue weighted by Gasteiger charge is 2.27. The number of hydrogen-bond acceptors (Lipinski definition) is 5. The third-order valence-corrected chi connectivity index (χ3v) is 5.24. The van der Waals surface area contributed by atoms with Gasteiger partial charge in [-0.2, -0.15) is 0 Å². The van der Waals surface area contributed by atoms with Crippen molar-refractivity contribution in [3.63, 3.8) is 0 Å². The third kappa shape index (κ3) is 4.43. The van der Waals surface area contributed by atoms with Gasteiger partial charge in [0.2, 0.25) is 0 Å². The number of carbonyl (C=O) groups excluding carboxylic acids is 1. The zero-order valence-corrected chi connectivity index (χ0v) is 14.0. The average Bonchev–Trinajstić information content (AvgIpc) is 2.55. The normalized spacial score (nSPS) is 21.5. The molecule has 1 aliphatic heterocycles. The number of ether oxygens (including phenoxy) is 1. The molecule has 1 atom stereocenters. The molecule has 1 aliphatic rings. The maximum atomic E-state index is 12.6. The van der Waals surface area contributed by atoms with E-state index in [2.05, 4.69) is 4.98 Å². The summed E-state index contributed by atoms with van der Waals surface area (Å²) in [7, 11) is -3.08. The highest BCUT2D eigenvalue weighted by Crippen LogP contribution is 2.17. The molecule has 0 N–H and O–H groups in total. The van der Waals surface area contributed by atoms with E-state index in [0.29, 0.717) is 17.9 Å². The summed E-state index contributed by atoms with van der Waals surface area (Å²) in [4.78, 5) is 18.2. The predicted octanol–water partition coefficient (Wildman–Crippen LogP) is 1.38. The summed E-state index contributed by atoms with van der Waals surface area (Å²) in [5.74, 6) is 0.408. The highest BCUT2D eigenvalue weighted by atomic mass is 32.2. The van der Waals surface area contributed by atoms with E-state index in [1.54, 1.807) is 17.2 Å². The fourth-order valence-electron chi connectivity index (χ4n) is 2.53. The zero-order chi connectivity index (χ0) is 16.3. The third-order valence-electron chi connectivity index (χ3n) is 3.36. The Balaban J connectivity index is 2.17. The van der Waals surface area contributed by atoms with Crippen LogP contribution in [-0.4, -0.2) is 54.9 Å². The van der Waals surface area contributed by atoms with Crippen LogP contribution in [0.1, 0.15) is 31.1 Å². The second kappa shape index (κ2) is 6.64. The van der Waals surface area contributed by atoms with Crippen LogP contribution in [0.3, 0.4) is 0 Å². The van der Waals surface area contributed by atoms with E-state index in [4.69, 9.17) is 4.74 Å². The van der Waals surface area contributed by atoms with E-state index in [9.17, 15) is 13.2 Å². The minimum absolute atomic E-state index is 0.00416. The molecule has 0 bridgehead atoms. The monoisotopic (exact) mass is 326 g/mol. The first kappa shape index (κ1) is 16.7. The molecule has 0 saturated carbocycles. The maximum Gasteiger partial charge on any atom is 0.255 e. The standard InChI is InChI=1S/C15H22N2O4S/c1-11(2)21-14-6-13(7-16-8-14)15(18)17-4-5-22(19,20)10-12(3)9-17/h6-8,11-12H,4-5,9-10H2,1-3H3. The maximum absolute atomic E-state index is 12.6. The van der Waals surface area contributed by atoms with Gasteiger partial charge in [-0.1, -0.05) is 6.92 Å². The van der Waals surface area contributed by atoms with Crippen LogP contribution in [0.2, 0.25) is 0 Å². The van der Waals surface area contributed by atoms with Crippen LogP contribution in [0.25, 0.3) is 0 Å². The van der Waals surface area contributed by atoms with Crippen molar-refractivity contribution in [1.29, 1.82) is 0 Å². The van der Waals surface area contributed by atoms with Crippen LogP contribution >= 0.6 is 0 Å². The van der Waals surface area contributed by atoms with Crippen molar-refractivity contribution in [3.8, 4) is 5.75 Å². The molecule has 22 heavy (non-hydrogen) atoms. The van der Waals surface area contributed by atoms with Crippen LogP contribution < -0.4 is 4.74 Å². The molecule has 1 aromatic rings. The van der Waals surface area contributed by atoms with Gasteiger partial charge >= 0.3 is 0 Å². The van der Waals surface area contributed by atoms with E-state index >= 15 is 0 Å². The van der Waals surface area contributed by atoms with Gasteiger partial charge in [0.15, 0.2) is 9.84 Å². The topological polar surface area (TPSA) is 76.6 Å². The van der Waals surface area contributed by atoms with Crippen molar-refractivity contribution in [3.05, 3.63) is 24.0 Å². The van der Waals surface area contributed by atoms with Crippen LogP contribution in [0.5, 0.6) is 5.75 Å². The molecule has 1 unspecified atom stereocenters. The smallest absolute Gasteiger partial charge is 0.255 e. The summed E-state index contributed by atoms with van der Waals surface area (Å²) in [6.07, 6.45) is 3.04. The Morgan fingerprint density at radius 2 is 2.14 bits per heavy atom. The quantitative estimate of drug-likeness (QED) is 0.838. The van der Waals surface area contributed by atoms with Gasteiger partial charge in [0.25, 0.3) is 5.91 Å². The lowest BCUT2D eigenvalue weighted by Gasteiger charge is -2.22. The number of pyridine rings is 1. The second-order valence-corrected chi connectivity index (χ2v) is 8.28. The van der Waals surface area contributed by atoms with Crippen molar-refractivity contribution in [2.75, 3.05) is 24.6 Å². The summed E-state index contributed by atoms with van der Waals surface area (Å²) >= 11 is 0. The Morgan fingerprint density at radius 3 is 2.82 bits per heavy atom. The minimum atomic E-state index is -3.08. The van der Waals surface area contributed by atoms with E-state index in [1.165, 1.54) is 6.20 Å². The zero-order valence-electron chi connectivity index (χ0n) is 13.2. The van der Waals surface area contributed by atoms with Gasteiger partial charge in [0.1, 0.15) is 5.75 Å². The lowest BCUT2D eigenvalue weighted by atomic mass is 10.1. The summed E-state index contributed by atoms with van der Waals surface area (Å²) < 4.78 is 29.1. The molecule has 122 valence electrons. The molecule has 0 aromatic carbocycles. The Bertz CT molecular complexity index is 643. The lowest BCUT2D eigenvalue weighted by Crippen LogP contribution is -2.35. The van der Waals surface area contributed by atoms with Gasteiger partial charge in [-0.05, 0) is 25.8 Å². The molecule has 1 saturated heterocycles. The fraction of sp³-hybridized carbons (Fsp3) is 0.600. The fourth-order valence-corrected chi connectivity index (χ4v) is 4.16. The highest BCUT2D eigenvalue weighted by molar-refractivity contribution is 7.91. The Labute approximate surface area is 131 Å². The number of carbonyl (C=O) groups is 1. The average molecular weight is 326 g/mol. The summed E-state index contributed by atoms with van der Waals surface area (Å²) in [6.45, 7) is 6.31. The van der Waals surface area contributed by atoms with Gasteiger partial charge in [-0.15, -0.1) is 0 Å². The first-order valence-electron chi connectivity index (χ1n) is 7.38. The van der Waals surface area contributed by atoms with Crippen molar-refractivity contribution in [2.24, 2.45) is 5.92 Å². The molecular weight excluding hydrogens is 304 g/mol. The molecule has 6 nitrogen and oxygen atoms in total. The number of rotatable bonds is 3. The lowest BCUT2D eigenvalue weighted by molar-refractivity contribution is 0.0750. The van der Waals surface area contributed by atoms with E-state index < -0.39 is 9.84 Å². The van der Waals surface area contributed by atoms with Crippen LogP contribution in [0.4, 0.5) is 0 Å². The molecule has 0 aliphatic carbocycles. The van der Waals surface area contributed by atoms with Gasteiger partial charge in [0.05, 0.1) is 29.4 Å². The molecular formula is C15H22N2O4S. The molecule has 0 radical (unpaired) electrons. The van der Waals surface area contributed by atoms with Crippen molar-refractivity contribution in [1.82, 2.24) is 9.88 Å². The molecule has 1 fully saturated rings. The molecule has 1 amide bonds. The van der Waals surface area contributed by atoms with E-state index in [1.807, 2.05) is 20.8 Å². The molecule has 2 heterocycles. The second-order valence-electron chi connectivity index (χ2n) is 6.05. The number of sulfone groups is 1. The molecule has 7 heteroatoms. The van der Waals surface area contributed by atoms with Crippen molar-refractivity contribution < 1.29 is 17.9 Å². The molecule has 2 rings (SSSR count). The van der Waals surface area contributed by atoms with Gasteiger partial charge < -0.3 is 9.64 Å².